The number of hydrogen-bond acceptors (Lipinski definition) is 4. The van der Waals surface area contributed by atoms with E-state index in [0.29, 0.717) is 36.9 Å². The lowest BCUT2D eigenvalue weighted by atomic mass is 10.0. The Morgan fingerprint density at radius 2 is 1.52 bits per heavy atom. The number of anilines is 1. The molecule has 164 valence electrons. The molecule has 0 bridgehead atoms. The number of para-hydroxylation sites is 1. The van der Waals surface area contributed by atoms with E-state index in [1.807, 2.05) is 80.3 Å². The predicted octanol–water partition coefficient (Wildman–Crippen LogP) is 4.98. The summed E-state index contributed by atoms with van der Waals surface area (Å²) in [5, 5.41) is 0. The van der Waals surface area contributed by atoms with Gasteiger partial charge >= 0.3 is 0 Å². The molecule has 0 saturated carbocycles. The highest BCUT2D eigenvalue weighted by atomic mass is 16.5. The van der Waals surface area contributed by atoms with Gasteiger partial charge in [-0.05, 0) is 48.6 Å². The van der Waals surface area contributed by atoms with Gasteiger partial charge in [0.05, 0.1) is 12.2 Å². The molecule has 1 heterocycles. The summed E-state index contributed by atoms with van der Waals surface area (Å²) in [5.74, 6) is 0.896. The van der Waals surface area contributed by atoms with Gasteiger partial charge in [-0.25, -0.2) is 0 Å². The Labute approximate surface area is 185 Å². The molecule has 0 N–H and O–H groups in total. The van der Waals surface area contributed by atoms with Gasteiger partial charge in [0.15, 0.2) is 0 Å². The highest BCUT2D eigenvalue weighted by molar-refractivity contribution is 6.36. The van der Waals surface area contributed by atoms with Crippen molar-refractivity contribution >= 4 is 23.1 Å². The second kappa shape index (κ2) is 9.82. The van der Waals surface area contributed by atoms with Crippen molar-refractivity contribution in [3.05, 3.63) is 65.9 Å². The quantitative estimate of drug-likeness (QED) is 0.537. The molecular formula is C26H32N2O3. The fraction of sp³-hybridized carbons (Fsp3) is 0.385. The third-order valence-electron chi connectivity index (χ3n) is 5.07. The van der Waals surface area contributed by atoms with E-state index >= 15 is 0 Å². The zero-order valence-corrected chi connectivity index (χ0v) is 19.1. The van der Waals surface area contributed by atoms with E-state index in [-0.39, 0.29) is 17.7 Å². The lowest BCUT2D eigenvalue weighted by Crippen LogP contribution is -2.37. The summed E-state index contributed by atoms with van der Waals surface area (Å²) < 4.78 is 5.78. The van der Waals surface area contributed by atoms with Crippen molar-refractivity contribution in [1.82, 2.24) is 4.90 Å². The van der Waals surface area contributed by atoms with Crippen molar-refractivity contribution in [2.75, 3.05) is 24.6 Å². The molecule has 0 spiro atoms. The molecule has 3 rings (SSSR count). The Bertz CT molecular complexity index is 946. The summed E-state index contributed by atoms with van der Waals surface area (Å²) in [5.41, 5.74) is 2.51. The SMILES string of the molecule is CCN(C1=C(c2ccc(OCC(C)C)cc2)C(=O)N(CC(C)C)C1=O)c1ccccc1. The second-order valence-corrected chi connectivity index (χ2v) is 8.65. The third kappa shape index (κ3) is 4.98. The lowest BCUT2D eigenvalue weighted by Gasteiger charge is -2.25. The van der Waals surface area contributed by atoms with Crippen LogP contribution in [0.2, 0.25) is 0 Å². The number of imide groups is 1. The van der Waals surface area contributed by atoms with Gasteiger partial charge in [0.1, 0.15) is 11.4 Å². The molecule has 0 saturated heterocycles. The number of rotatable bonds is 9. The lowest BCUT2D eigenvalue weighted by molar-refractivity contribution is -0.137. The Balaban J connectivity index is 2.06. The summed E-state index contributed by atoms with van der Waals surface area (Å²) in [6.07, 6.45) is 0. The van der Waals surface area contributed by atoms with E-state index in [4.69, 9.17) is 4.74 Å². The molecule has 5 heteroatoms. The van der Waals surface area contributed by atoms with Crippen LogP contribution in [0.5, 0.6) is 5.75 Å². The first-order chi connectivity index (χ1) is 14.8. The van der Waals surface area contributed by atoms with Crippen molar-refractivity contribution < 1.29 is 14.3 Å². The molecule has 2 amide bonds. The maximum absolute atomic E-state index is 13.4. The molecule has 5 nitrogen and oxygen atoms in total. The van der Waals surface area contributed by atoms with E-state index in [9.17, 15) is 9.59 Å². The molecule has 0 atom stereocenters. The van der Waals surface area contributed by atoms with Crippen molar-refractivity contribution in [1.29, 1.82) is 0 Å². The number of benzene rings is 2. The minimum atomic E-state index is -0.237. The number of carbonyl (C=O) groups excluding carboxylic acids is 2. The smallest absolute Gasteiger partial charge is 0.278 e. The van der Waals surface area contributed by atoms with Crippen LogP contribution in [0, 0.1) is 11.8 Å². The maximum Gasteiger partial charge on any atom is 0.278 e. The molecule has 0 aliphatic carbocycles. The van der Waals surface area contributed by atoms with Crippen LogP contribution < -0.4 is 9.64 Å². The standard InChI is InChI=1S/C26H32N2O3/c1-6-27(21-10-8-7-9-11-21)24-23(25(29)28(26(24)30)16-18(2)3)20-12-14-22(15-13-20)31-17-19(4)5/h7-15,18-19H,6,16-17H2,1-5H3. The Morgan fingerprint density at radius 1 is 0.871 bits per heavy atom. The fourth-order valence-corrected chi connectivity index (χ4v) is 3.66. The topological polar surface area (TPSA) is 49.9 Å². The summed E-state index contributed by atoms with van der Waals surface area (Å²) in [7, 11) is 0. The van der Waals surface area contributed by atoms with Crippen LogP contribution in [0.15, 0.2) is 60.3 Å². The van der Waals surface area contributed by atoms with Gasteiger partial charge in [0.2, 0.25) is 0 Å². The maximum atomic E-state index is 13.4. The van der Waals surface area contributed by atoms with Crippen LogP contribution in [0.4, 0.5) is 5.69 Å². The van der Waals surface area contributed by atoms with Crippen molar-refractivity contribution in [2.45, 2.75) is 34.6 Å². The average molecular weight is 421 g/mol. The number of likely N-dealkylation sites (N-methyl/N-ethyl adjacent to an activating group) is 1. The summed E-state index contributed by atoms with van der Waals surface area (Å²) in [4.78, 5) is 30.1. The molecule has 0 fully saturated rings. The largest absolute Gasteiger partial charge is 0.493 e. The van der Waals surface area contributed by atoms with E-state index < -0.39 is 0 Å². The zero-order valence-electron chi connectivity index (χ0n) is 19.1. The molecule has 0 unspecified atom stereocenters. The Hall–Kier alpha value is -3.08. The number of amides is 2. The number of carbonyl (C=O) groups is 2. The number of hydrogen-bond donors (Lipinski definition) is 0. The van der Waals surface area contributed by atoms with Crippen LogP contribution in [-0.4, -0.2) is 36.4 Å². The first kappa shape index (κ1) is 22.6. The summed E-state index contributed by atoms with van der Waals surface area (Å²) in [6.45, 7) is 11.8. The molecule has 0 aromatic heterocycles. The second-order valence-electron chi connectivity index (χ2n) is 8.65. The summed E-state index contributed by atoms with van der Waals surface area (Å²) >= 11 is 0. The van der Waals surface area contributed by atoms with Crippen molar-refractivity contribution in [3.63, 3.8) is 0 Å². The van der Waals surface area contributed by atoms with Gasteiger partial charge in [-0.1, -0.05) is 58.0 Å². The van der Waals surface area contributed by atoms with Crippen molar-refractivity contribution in [2.24, 2.45) is 11.8 Å². The van der Waals surface area contributed by atoms with Gasteiger partial charge in [-0.3, -0.25) is 14.5 Å². The predicted molar refractivity (Wildman–Crippen MR) is 125 cm³/mol. The number of ether oxygens (including phenoxy) is 1. The van der Waals surface area contributed by atoms with Gasteiger partial charge in [0.25, 0.3) is 11.8 Å². The minimum Gasteiger partial charge on any atom is -0.493 e. The molecule has 2 aromatic carbocycles. The fourth-order valence-electron chi connectivity index (χ4n) is 3.66. The monoisotopic (exact) mass is 420 g/mol. The van der Waals surface area contributed by atoms with Gasteiger partial charge < -0.3 is 9.64 Å². The highest BCUT2D eigenvalue weighted by Gasteiger charge is 2.41. The van der Waals surface area contributed by atoms with E-state index in [2.05, 4.69) is 13.8 Å². The van der Waals surface area contributed by atoms with Crippen LogP contribution in [-0.2, 0) is 9.59 Å². The minimum absolute atomic E-state index is 0.187. The molecule has 31 heavy (non-hydrogen) atoms. The molecular weight excluding hydrogens is 388 g/mol. The average Bonchev–Trinajstić information content (AvgIpc) is 2.98. The Kier molecular flexibility index (Phi) is 7.16. The molecule has 1 aliphatic heterocycles. The number of nitrogens with zero attached hydrogens (tertiary/aromatic N) is 2. The van der Waals surface area contributed by atoms with Gasteiger partial charge in [-0.15, -0.1) is 0 Å². The van der Waals surface area contributed by atoms with Crippen molar-refractivity contribution in [3.8, 4) is 5.75 Å². The van der Waals surface area contributed by atoms with Gasteiger partial charge in [0, 0.05) is 18.8 Å². The molecule has 2 aromatic rings. The first-order valence-corrected chi connectivity index (χ1v) is 11.0. The van der Waals surface area contributed by atoms with Gasteiger partial charge in [-0.2, -0.15) is 0 Å². The van der Waals surface area contributed by atoms with E-state index in [0.717, 1.165) is 17.0 Å². The van der Waals surface area contributed by atoms with Crippen LogP contribution >= 0.6 is 0 Å². The van der Waals surface area contributed by atoms with Crippen LogP contribution in [0.25, 0.3) is 5.57 Å². The van der Waals surface area contributed by atoms with Crippen LogP contribution in [0.1, 0.15) is 40.2 Å². The third-order valence-corrected chi connectivity index (χ3v) is 5.07. The molecule has 0 radical (unpaired) electrons. The highest BCUT2D eigenvalue weighted by Crippen LogP contribution is 2.35. The molecule has 1 aliphatic rings. The Morgan fingerprint density at radius 3 is 2.06 bits per heavy atom. The first-order valence-electron chi connectivity index (χ1n) is 11.0. The van der Waals surface area contributed by atoms with E-state index in [1.165, 1.54) is 4.90 Å². The van der Waals surface area contributed by atoms with Crippen LogP contribution in [0.3, 0.4) is 0 Å². The van der Waals surface area contributed by atoms with E-state index in [1.54, 1.807) is 0 Å². The summed E-state index contributed by atoms with van der Waals surface area (Å²) in [6, 6.07) is 17.2. The normalized spacial score (nSPS) is 14.2. The zero-order chi connectivity index (χ0) is 22.5.